The Labute approximate surface area is 122 Å². The number of hydrogen-bond acceptors (Lipinski definition) is 3. The highest BCUT2D eigenvalue weighted by molar-refractivity contribution is 7.15. The molecule has 1 aromatic carbocycles. The zero-order chi connectivity index (χ0) is 13.5. The molecule has 1 aliphatic rings. The molecule has 3 rings (SSSR count). The van der Waals surface area contributed by atoms with Crippen molar-refractivity contribution >= 4 is 28.1 Å². The fourth-order valence-corrected chi connectivity index (χ4v) is 4.18. The molecule has 0 aliphatic heterocycles. The second-order valence-corrected chi connectivity index (χ2v) is 6.92. The van der Waals surface area contributed by atoms with E-state index in [1.807, 2.05) is 12.1 Å². The van der Waals surface area contributed by atoms with Crippen LogP contribution in [0.15, 0.2) is 24.3 Å². The smallest absolute Gasteiger partial charge is 0.180 e. The highest BCUT2D eigenvalue weighted by Crippen LogP contribution is 2.48. The zero-order valence-electron chi connectivity index (χ0n) is 10.9. The van der Waals surface area contributed by atoms with Crippen LogP contribution in [0.5, 0.6) is 0 Å². The first-order valence-electron chi connectivity index (χ1n) is 6.61. The summed E-state index contributed by atoms with van der Waals surface area (Å²) in [6.07, 6.45) is 4.80. The van der Waals surface area contributed by atoms with Crippen molar-refractivity contribution in [3.63, 3.8) is 0 Å². The number of thiazole rings is 1. The van der Waals surface area contributed by atoms with Crippen LogP contribution >= 0.6 is 22.9 Å². The number of nitrogen functional groups attached to an aromatic ring is 1. The van der Waals surface area contributed by atoms with Gasteiger partial charge in [-0.2, -0.15) is 0 Å². The van der Waals surface area contributed by atoms with Crippen molar-refractivity contribution in [2.45, 2.75) is 38.0 Å². The van der Waals surface area contributed by atoms with Crippen LogP contribution < -0.4 is 5.73 Å². The fraction of sp³-hybridized carbons (Fsp3) is 0.400. The monoisotopic (exact) mass is 292 g/mol. The lowest BCUT2D eigenvalue weighted by Crippen LogP contribution is -2.25. The summed E-state index contributed by atoms with van der Waals surface area (Å²) >= 11 is 7.60. The molecular weight excluding hydrogens is 276 g/mol. The molecule has 1 saturated carbocycles. The average molecular weight is 293 g/mol. The zero-order valence-corrected chi connectivity index (χ0v) is 12.5. The molecular formula is C15H17ClN2S. The van der Waals surface area contributed by atoms with Crippen molar-refractivity contribution in [2.24, 2.45) is 0 Å². The van der Waals surface area contributed by atoms with Crippen LogP contribution in [0, 0.1) is 6.92 Å². The summed E-state index contributed by atoms with van der Waals surface area (Å²) in [5, 5.41) is 1.46. The molecule has 0 saturated heterocycles. The third-order valence-corrected chi connectivity index (χ3v) is 5.17. The number of anilines is 1. The van der Waals surface area contributed by atoms with Gasteiger partial charge in [-0.15, -0.1) is 11.3 Å². The van der Waals surface area contributed by atoms with E-state index in [9.17, 15) is 0 Å². The van der Waals surface area contributed by atoms with Crippen LogP contribution in [0.2, 0.25) is 5.02 Å². The Morgan fingerprint density at radius 1 is 1.21 bits per heavy atom. The third-order valence-electron chi connectivity index (χ3n) is 4.12. The molecule has 0 bridgehead atoms. The van der Waals surface area contributed by atoms with E-state index in [4.69, 9.17) is 17.3 Å². The molecule has 0 radical (unpaired) electrons. The molecule has 2 nitrogen and oxygen atoms in total. The highest BCUT2D eigenvalue weighted by Gasteiger charge is 2.40. The summed E-state index contributed by atoms with van der Waals surface area (Å²) in [6.45, 7) is 2.12. The maximum atomic E-state index is 6.01. The maximum Gasteiger partial charge on any atom is 0.180 e. The van der Waals surface area contributed by atoms with Crippen molar-refractivity contribution in [1.82, 2.24) is 4.98 Å². The second-order valence-electron chi connectivity index (χ2n) is 5.25. The highest BCUT2D eigenvalue weighted by atomic mass is 35.5. The molecule has 19 heavy (non-hydrogen) atoms. The van der Waals surface area contributed by atoms with Crippen LogP contribution in [-0.2, 0) is 5.41 Å². The molecule has 0 amide bonds. The molecule has 0 spiro atoms. The quantitative estimate of drug-likeness (QED) is 0.882. The maximum absolute atomic E-state index is 6.01. The molecule has 1 aromatic heterocycles. The van der Waals surface area contributed by atoms with Gasteiger partial charge in [-0.3, -0.25) is 0 Å². The third kappa shape index (κ3) is 2.15. The van der Waals surface area contributed by atoms with Crippen molar-refractivity contribution in [1.29, 1.82) is 0 Å². The minimum absolute atomic E-state index is 0.0444. The number of aromatic nitrogens is 1. The lowest BCUT2D eigenvalue weighted by Gasteiger charge is -2.29. The van der Waals surface area contributed by atoms with Crippen LogP contribution in [0.4, 0.5) is 5.13 Å². The Morgan fingerprint density at radius 3 is 2.37 bits per heavy atom. The summed E-state index contributed by atoms with van der Waals surface area (Å²) < 4.78 is 0. The number of aryl methyl sites for hydroxylation is 1. The summed E-state index contributed by atoms with van der Waals surface area (Å²) in [7, 11) is 0. The number of hydrogen-bond donors (Lipinski definition) is 1. The molecule has 4 heteroatoms. The summed E-state index contributed by atoms with van der Waals surface area (Å²) in [4.78, 5) is 5.87. The predicted molar refractivity (Wildman–Crippen MR) is 82.0 cm³/mol. The molecule has 0 unspecified atom stereocenters. The Balaban J connectivity index is 2.14. The van der Waals surface area contributed by atoms with Crippen molar-refractivity contribution < 1.29 is 0 Å². The normalized spacial score (nSPS) is 17.8. The van der Waals surface area contributed by atoms with Gasteiger partial charge in [-0.25, -0.2) is 4.98 Å². The van der Waals surface area contributed by atoms with Crippen LogP contribution in [-0.4, -0.2) is 4.98 Å². The van der Waals surface area contributed by atoms with E-state index in [1.165, 1.54) is 29.0 Å². The first-order valence-corrected chi connectivity index (χ1v) is 7.81. The SMILES string of the molecule is Cc1sc(N)nc1C1(c2ccc(Cl)cc2)CCCC1. The predicted octanol–water partition coefficient (Wildman–Crippen LogP) is 4.55. The van der Waals surface area contributed by atoms with Crippen molar-refractivity contribution in [3.05, 3.63) is 45.4 Å². The molecule has 1 fully saturated rings. The van der Waals surface area contributed by atoms with Gasteiger partial charge >= 0.3 is 0 Å². The topological polar surface area (TPSA) is 38.9 Å². The molecule has 100 valence electrons. The fourth-order valence-electron chi connectivity index (χ4n) is 3.27. The minimum Gasteiger partial charge on any atom is -0.375 e. The largest absolute Gasteiger partial charge is 0.375 e. The number of nitrogens with zero attached hydrogens (tertiary/aromatic N) is 1. The van der Waals surface area contributed by atoms with E-state index in [1.54, 1.807) is 11.3 Å². The van der Waals surface area contributed by atoms with Gasteiger partial charge in [0.1, 0.15) is 0 Å². The molecule has 1 heterocycles. The lowest BCUT2D eigenvalue weighted by atomic mass is 9.75. The van der Waals surface area contributed by atoms with Gasteiger partial charge in [-0.05, 0) is 37.5 Å². The molecule has 2 aromatic rings. The Morgan fingerprint density at radius 2 is 1.84 bits per heavy atom. The van der Waals surface area contributed by atoms with Gasteiger partial charge in [0.25, 0.3) is 0 Å². The number of rotatable bonds is 2. The Hall–Kier alpha value is -1.06. The Bertz CT molecular complexity index is 583. The van der Waals surface area contributed by atoms with E-state index >= 15 is 0 Å². The van der Waals surface area contributed by atoms with Gasteiger partial charge in [0.15, 0.2) is 5.13 Å². The van der Waals surface area contributed by atoms with Gasteiger partial charge < -0.3 is 5.73 Å². The summed E-state index contributed by atoms with van der Waals surface area (Å²) in [6, 6.07) is 8.23. The molecule has 1 aliphatic carbocycles. The second kappa shape index (κ2) is 4.80. The van der Waals surface area contributed by atoms with Gasteiger partial charge in [-0.1, -0.05) is 36.6 Å². The van der Waals surface area contributed by atoms with Crippen LogP contribution in [0.25, 0.3) is 0 Å². The van der Waals surface area contributed by atoms with Gasteiger partial charge in [0, 0.05) is 15.3 Å². The first kappa shape index (κ1) is 12.9. The Kier molecular flexibility index (Phi) is 3.27. The standard InChI is InChI=1S/C15H17ClN2S/c1-10-13(18-14(17)19-10)15(8-2-3-9-15)11-4-6-12(16)7-5-11/h4-7H,2-3,8-9H2,1H3,(H2,17,18). The molecule has 0 atom stereocenters. The molecule has 2 N–H and O–H groups in total. The van der Waals surface area contributed by atoms with E-state index in [0.29, 0.717) is 5.13 Å². The van der Waals surface area contributed by atoms with Crippen molar-refractivity contribution in [2.75, 3.05) is 5.73 Å². The van der Waals surface area contributed by atoms with Crippen molar-refractivity contribution in [3.8, 4) is 0 Å². The number of benzene rings is 1. The van der Waals surface area contributed by atoms with Gasteiger partial charge in [0.05, 0.1) is 5.69 Å². The van der Waals surface area contributed by atoms with Crippen LogP contribution in [0.3, 0.4) is 0 Å². The van der Waals surface area contributed by atoms with Gasteiger partial charge in [0.2, 0.25) is 0 Å². The average Bonchev–Trinajstić information content (AvgIpc) is 2.98. The minimum atomic E-state index is 0.0444. The van der Waals surface area contributed by atoms with E-state index in [0.717, 1.165) is 17.9 Å². The van der Waals surface area contributed by atoms with E-state index in [-0.39, 0.29) is 5.41 Å². The first-order chi connectivity index (χ1) is 9.12. The lowest BCUT2D eigenvalue weighted by molar-refractivity contribution is 0.519. The summed E-state index contributed by atoms with van der Waals surface area (Å²) in [5.74, 6) is 0. The number of nitrogens with two attached hydrogens (primary N) is 1. The van der Waals surface area contributed by atoms with Crippen LogP contribution in [0.1, 0.15) is 41.8 Å². The number of halogens is 1. The van der Waals surface area contributed by atoms with E-state index < -0.39 is 0 Å². The van der Waals surface area contributed by atoms with E-state index in [2.05, 4.69) is 24.0 Å². The summed E-state index contributed by atoms with van der Waals surface area (Å²) in [5.41, 5.74) is 8.44.